The van der Waals surface area contributed by atoms with E-state index >= 15 is 0 Å². The summed E-state index contributed by atoms with van der Waals surface area (Å²) in [7, 11) is 0. The molecule has 0 unspecified atom stereocenters. The fraction of sp³-hybridized carbons (Fsp3) is 0.154. The molecular weight excluding hydrogens is 328 g/mol. The van der Waals surface area contributed by atoms with Crippen LogP contribution in [-0.2, 0) is 6.42 Å². The van der Waals surface area contributed by atoms with E-state index in [1.807, 2.05) is 30.5 Å². The van der Waals surface area contributed by atoms with Gasteiger partial charge in [-0.15, -0.1) is 5.10 Å². The number of rotatable bonds is 3. The van der Waals surface area contributed by atoms with Gasteiger partial charge < -0.3 is 0 Å². The summed E-state index contributed by atoms with van der Waals surface area (Å²) in [6.07, 6.45) is 4.51. The Morgan fingerprint density at radius 2 is 2.16 bits per heavy atom. The number of hydrogen-bond acceptors (Lipinski definition) is 3. The van der Waals surface area contributed by atoms with Crippen LogP contribution in [0.25, 0.3) is 16.6 Å². The molecule has 2 heterocycles. The number of aryl methyl sites for hydroxylation is 1. The van der Waals surface area contributed by atoms with Crippen molar-refractivity contribution in [2.75, 3.05) is 5.33 Å². The molecule has 0 aliphatic heterocycles. The molecule has 0 atom stereocenters. The first-order chi connectivity index (χ1) is 9.29. The quantitative estimate of drug-likeness (QED) is 0.688. The summed E-state index contributed by atoms with van der Waals surface area (Å²) in [5.74, 6) is 0. The molecule has 0 fully saturated rings. The molecule has 4 nitrogen and oxygen atoms in total. The molecule has 6 heteroatoms. The maximum Gasteiger partial charge on any atom is 0.0974 e. The number of aromatic nitrogens is 4. The molecule has 0 N–H and O–H groups in total. The summed E-state index contributed by atoms with van der Waals surface area (Å²) in [5.41, 5.74) is 2.65. The van der Waals surface area contributed by atoms with Crippen molar-refractivity contribution in [1.29, 1.82) is 0 Å². The van der Waals surface area contributed by atoms with Crippen molar-refractivity contribution >= 4 is 38.4 Å². The van der Waals surface area contributed by atoms with Crippen LogP contribution < -0.4 is 0 Å². The molecule has 0 spiro atoms. The second-order valence-corrected chi connectivity index (χ2v) is 5.26. The van der Waals surface area contributed by atoms with Crippen molar-refractivity contribution in [3.8, 4) is 5.69 Å². The largest absolute Gasteiger partial charge is 0.254 e. The fourth-order valence-electron chi connectivity index (χ4n) is 1.94. The lowest BCUT2D eigenvalue weighted by molar-refractivity contribution is 0.801. The minimum absolute atomic E-state index is 0.688. The molecule has 0 bridgehead atoms. The summed E-state index contributed by atoms with van der Waals surface area (Å²) in [6, 6.07) is 7.58. The van der Waals surface area contributed by atoms with E-state index < -0.39 is 0 Å². The first kappa shape index (κ1) is 12.6. The highest BCUT2D eigenvalue weighted by Crippen LogP contribution is 2.26. The van der Waals surface area contributed by atoms with Crippen LogP contribution in [0.15, 0.2) is 36.7 Å². The zero-order valence-electron chi connectivity index (χ0n) is 9.92. The topological polar surface area (TPSA) is 43.6 Å². The van der Waals surface area contributed by atoms with Crippen molar-refractivity contribution in [3.05, 3.63) is 47.4 Å². The van der Waals surface area contributed by atoms with Gasteiger partial charge in [-0.25, -0.2) is 4.68 Å². The molecule has 3 rings (SSSR count). The Balaban J connectivity index is 2.16. The third-order valence-corrected chi connectivity index (χ3v) is 3.56. The Bertz CT molecular complexity index is 725. The summed E-state index contributed by atoms with van der Waals surface area (Å²) in [6.45, 7) is 0. The zero-order valence-corrected chi connectivity index (χ0v) is 12.3. The van der Waals surface area contributed by atoms with Crippen LogP contribution in [0.3, 0.4) is 0 Å². The Morgan fingerprint density at radius 1 is 1.26 bits per heavy atom. The number of nitrogens with zero attached hydrogens (tertiary/aromatic N) is 4. The van der Waals surface area contributed by atoms with Gasteiger partial charge in [0.1, 0.15) is 0 Å². The van der Waals surface area contributed by atoms with Gasteiger partial charge in [-0.3, -0.25) is 4.98 Å². The number of alkyl halides is 1. The van der Waals surface area contributed by atoms with Gasteiger partial charge in [0.25, 0.3) is 0 Å². The van der Waals surface area contributed by atoms with E-state index in [0.717, 1.165) is 34.0 Å². The molecule has 0 radical (unpaired) electrons. The molecule has 96 valence electrons. The van der Waals surface area contributed by atoms with Gasteiger partial charge in [-0.1, -0.05) is 32.7 Å². The normalized spacial score (nSPS) is 11.1. The molecule has 19 heavy (non-hydrogen) atoms. The highest BCUT2D eigenvalue weighted by Gasteiger charge is 2.09. The van der Waals surface area contributed by atoms with Gasteiger partial charge in [0.2, 0.25) is 0 Å². The van der Waals surface area contributed by atoms with Crippen molar-refractivity contribution in [1.82, 2.24) is 20.0 Å². The molecule has 0 saturated carbocycles. The van der Waals surface area contributed by atoms with Crippen molar-refractivity contribution < 1.29 is 0 Å². The van der Waals surface area contributed by atoms with Gasteiger partial charge in [0.15, 0.2) is 0 Å². The zero-order chi connectivity index (χ0) is 13.2. The van der Waals surface area contributed by atoms with E-state index in [1.165, 1.54) is 0 Å². The Hall–Kier alpha value is -1.46. The first-order valence-corrected chi connectivity index (χ1v) is 7.30. The minimum atomic E-state index is 0.688. The van der Waals surface area contributed by atoms with Crippen LogP contribution in [-0.4, -0.2) is 25.3 Å². The average Bonchev–Trinajstić information content (AvgIpc) is 2.88. The maximum absolute atomic E-state index is 6.18. The SMILES string of the molecule is Clc1ccc(-n2cc(CCBr)nn2)c2ncccc12. The maximum atomic E-state index is 6.18. The first-order valence-electron chi connectivity index (χ1n) is 5.80. The lowest BCUT2D eigenvalue weighted by atomic mass is 10.2. The number of halogens is 2. The third-order valence-electron chi connectivity index (χ3n) is 2.83. The summed E-state index contributed by atoms with van der Waals surface area (Å²) in [5, 5.41) is 10.8. The standard InChI is InChI=1S/C13H10BrClN4/c14-6-5-9-8-19(18-17-9)12-4-3-11(15)10-2-1-7-16-13(10)12/h1-4,7-8H,5-6H2. The summed E-state index contributed by atoms with van der Waals surface area (Å²) in [4.78, 5) is 4.39. The van der Waals surface area contributed by atoms with Crippen molar-refractivity contribution in [3.63, 3.8) is 0 Å². The third kappa shape index (κ3) is 2.35. The van der Waals surface area contributed by atoms with Crippen molar-refractivity contribution in [2.45, 2.75) is 6.42 Å². The van der Waals surface area contributed by atoms with Crippen molar-refractivity contribution in [2.24, 2.45) is 0 Å². The number of fused-ring (bicyclic) bond motifs is 1. The molecule has 2 aromatic heterocycles. The van der Waals surface area contributed by atoms with Crippen LogP contribution in [0.1, 0.15) is 5.69 Å². The predicted octanol–water partition coefficient (Wildman–Crippen LogP) is 3.41. The highest BCUT2D eigenvalue weighted by molar-refractivity contribution is 9.09. The average molecular weight is 338 g/mol. The second kappa shape index (κ2) is 5.27. The lowest BCUT2D eigenvalue weighted by Gasteiger charge is -2.05. The van der Waals surface area contributed by atoms with Crippen LogP contribution in [0.4, 0.5) is 0 Å². The smallest absolute Gasteiger partial charge is 0.0974 e. The van der Waals surface area contributed by atoms with Gasteiger partial charge in [-0.05, 0) is 24.3 Å². The summed E-state index contributed by atoms with van der Waals surface area (Å²) >= 11 is 9.57. The van der Waals surface area contributed by atoms with Crippen LogP contribution in [0.5, 0.6) is 0 Å². The molecule has 0 aliphatic carbocycles. The van der Waals surface area contributed by atoms with Gasteiger partial charge in [0, 0.05) is 23.3 Å². The lowest BCUT2D eigenvalue weighted by Crippen LogP contribution is -1.97. The van der Waals surface area contributed by atoms with E-state index in [2.05, 4.69) is 31.2 Å². The van der Waals surface area contributed by atoms with E-state index in [-0.39, 0.29) is 0 Å². The van der Waals surface area contributed by atoms with Gasteiger partial charge in [-0.2, -0.15) is 0 Å². The van der Waals surface area contributed by atoms with Crippen LogP contribution >= 0.6 is 27.5 Å². The molecule has 0 amide bonds. The fourth-order valence-corrected chi connectivity index (χ4v) is 2.56. The molecule has 1 aromatic carbocycles. The Kier molecular flexibility index (Phi) is 3.48. The van der Waals surface area contributed by atoms with E-state index in [4.69, 9.17) is 11.6 Å². The second-order valence-electron chi connectivity index (χ2n) is 4.06. The molecular formula is C13H10BrClN4. The Labute approximate surface area is 123 Å². The Morgan fingerprint density at radius 3 is 3.00 bits per heavy atom. The summed E-state index contributed by atoms with van der Waals surface area (Å²) < 4.78 is 1.74. The number of pyridine rings is 1. The van der Waals surface area contributed by atoms with E-state index in [0.29, 0.717) is 5.02 Å². The molecule has 0 saturated heterocycles. The van der Waals surface area contributed by atoms with Gasteiger partial charge >= 0.3 is 0 Å². The monoisotopic (exact) mass is 336 g/mol. The van der Waals surface area contributed by atoms with Crippen LogP contribution in [0, 0.1) is 0 Å². The number of hydrogen-bond donors (Lipinski definition) is 0. The molecule has 3 aromatic rings. The number of benzene rings is 1. The molecule has 0 aliphatic rings. The van der Waals surface area contributed by atoms with E-state index in [9.17, 15) is 0 Å². The highest BCUT2D eigenvalue weighted by atomic mass is 79.9. The van der Waals surface area contributed by atoms with Crippen LogP contribution in [0.2, 0.25) is 5.02 Å². The minimum Gasteiger partial charge on any atom is -0.254 e. The van der Waals surface area contributed by atoms with Gasteiger partial charge in [0.05, 0.1) is 28.1 Å². The van der Waals surface area contributed by atoms with E-state index in [1.54, 1.807) is 10.9 Å². The predicted molar refractivity (Wildman–Crippen MR) is 79.2 cm³/mol.